The van der Waals surface area contributed by atoms with Crippen molar-refractivity contribution < 1.29 is 14.3 Å². The van der Waals surface area contributed by atoms with Gasteiger partial charge in [0.25, 0.3) is 0 Å². The first-order valence-corrected chi connectivity index (χ1v) is 7.02. The Hall–Kier alpha value is -1.26. The van der Waals surface area contributed by atoms with Crippen molar-refractivity contribution >= 4 is 12.0 Å². The second-order valence-electron chi connectivity index (χ2n) is 6.77. The summed E-state index contributed by atoms with van der Waals surface area (Å²) >= 11 is 0. The molecular formula is C14H24N2O3. The van der Waals surface area contributed by atoms with E-state index in [9.17, 15) is 9.59 Å². The number of nitrogens with one attached hydrogen (secondary N) is 1. The molecule has 3 aliphatic rings. The van der Waals surface area contributed by atoms with E-state index in [1.54, 1.807) is 4.90 Å². The fourth-order valence-electron chi connectivity index (χ4n) is 3.12. The molecule has 0 spiro atoms. The van der Waals surface area contributed by atoms with Gasteiger partial charge < -0.3 is 15.0 Å². The van der Waals surface area contributed by atoms with Gasteiger partial charge in [0.1, 0.15) is 5.60 Å². The number of amides is 2. The van der Waals surface area contributed by atoms with Gasteiger partial charge in [0.05, 0.1) is 5.41 Å². The number of carbonyl (C=O) groups excluding carboxylic acids is 2. The largest absolute Gasteiger partial charge is 0.444 e. The van der Waals surface area contributed by atoms with E-state index in [-0.39, 0.29) is 17.4 Å². The summed E-state index contributed by atoms with van der Waals surface area (Å²) in [5.74, 6) is 0.531. The third-order valence-corrected chi connectivity index (χ3v) is 3.80. The Kier molecular flexibility index (Phi) is 3.49. The topological polar surface area (TPSA) is 58.6 Å². The van der Waals surface area contributed by atoms with Crippen LogP contribution in [0.25, 0.3) is 0 Å². The van der Waals surface area contributed by atoms with Crippen molar-refractivity contribution in [3.8, 4) is 0 Å². The molecule has 5 heteroatoms. The molecule has 1 N–H and O–H groups in total. The van der Waals surface area contributed by atoms with E-state index < -0.39 is 5.60 Å². The molecule has 0 aromatic heterocycles. The Labute approximate surface area is 114 Å². The van der Waals surface area contributed by atoms with Crippen LogP contribution in [-0.4, -0.2) is 42.1 Å². The SMILES string of the molecule is CCNC(=O)C12CC(CN(C(=O)OC(C)(C)C)C1)C2. The third kappa shape index (κ3) is 2.85. The van der Waals surface area contributed by atoms with Gasteiger partial charge in [0.15, 0.2) is 0 Å². The lowest BCUT2D eigenvalue weighted by Gasteiger charge is -2.54. The monoisotopic (exact) mass is 268 g/mol. The molecule has 2 aliphatic heterocycles. The highest BCUT2D eigenvalue weighted by Crippen LogP contribution is 2.50. The van der Waals surface area contributed by atoms with Crippen molar-refractivity contribution in [1.29, 1.82) is 0 Å². The molecule has 0 radical (unpaired) electrons. The zero-order valence-corrected chi connectivity index (χ0v) is 12.3. The minimum Gasteiger partial charge on any atom is -0.444 e. The van der Waals surface area contributed by atoms with Gasteiger partial charge in [-0.3, -0.25) is 4.79 Å². The highest BCUT2D eigenvalue weighted by atomic mass is 16.6. The molecule has 2 amide bonds. The average molecular weight is 268 g/mol. The number of hydrogen-bond acceptors (Lipinski definition) is 3. The molecular weight excluding hydrogens is 244 g/mol. The summed E-state index contributed by atoms with van der Waals surface area (Å²) in [5, 5.41) is 2.88. The Morgan fingerprint density at radius 1 is 1.37 bits per heavy atom. The average Bonchev–Trinajstić information content (AvgIpc) is 2.26. The predicted octanol–water partition coefficient (Wildman–Crippen LogP) is 1.77. The van der Waals surface area contributed by atoms with Gasteiger partial charge in [-0.05, 0) is 46.5 Å². The summed E-state index contributed by atoms with van der Waals surface area (Å²) in [4.78, 5) is 25.9. The van der Waals surface area contributed by atoms with Crippen molar-refractivity contribution in [3.63, 3.8) is 0 Å². The lowest BCUT2D eigenvalue weighted by Crippen LogP contribution is -2.63. The fourth-order valence-corrected chi connectivity index (χ4v) is 3.12. The number of fused-ring (bicyclic) bond motifs is 2. The zero-order valence-electron chi connectivity index (χ0n) is 12.3. The van der Waals surface area contributed by atoms with E-state index in [0.29, 0.717) is 19.0 Å². The molecule has 2 bridgehead atoms. The summed E-state index contributed by atoms with van der Waals surface area (Å²) in [6, 6.07) is 0. The van der Waals surface area contributed by atoms with E-state index in [1.165, 1.54) is 0 Å². The molecule has 3 fully saturated rings. The maximum absolute atomic E-state index is 12.1. The van der Waals surface area contributed by atoms with Crippen LogP contribution in [0.1, 0.15) is 40.5 Å². The Balaban J connectivity index is 1.99. The van der Waals surface area contributed by atoms with Crippen LogP contribution in [0.3, 0.4) is 0 Å². The minimum atomic E-state index is -0.489. The maximum Gasteiger partial charge on any atom is 0.410 e. The molecule has 5 nitrogen and oxygen atoms in total. The maximum atomic E-state index is 12.1. The minimum absolute atomic E-state index is 0.0829. The van der Waals surface area contributed by atoms with Gasteiger partial charge in [0.2, 0.25) is 5.91 Å². The van der Waals surface area contributed by atoms with E-state index in [2.05, 4.69) is 5.32 Å². The van der Waals surface area contributed by atoms with Gasteiger partial charge in [-0.2, -0.15) is 0 Å². The molecule has 108 valence electrons. The summed E-state index contributed by atoms with van der Waals surface area (Å²) in [5.41, 5.74) is -0.854. The fraction of sp³-hybridized carbons (Fsp3) is 0.857. The molecule has 2 heterocycles. The predicted molar refractivity (Wildman–Crippen MR) is 71.6 cm³/mol. The molecule has 0 aromatic rings. The highest BCUT2D eigenvalue weighted by Gasteiger charge is 2.56. The summed E-state index contributed by atoms with van der Waals surface area (Å²) < 4.78 is 5.39. The quantitative estimate of drug-likeness (QED) is 0.830. The second-order valence-corrected chi connectivity index (χ2v) is 6.77. The lowest BCUT2D eigenvalue weighted by atomic mass is 9.58. The number of ether oxygens (including phenoxy) is 1. The molecule has 0 unspecified atom stereocenters. The smallest absolute Gasteiger partial charge is 0.410 e. The number of piperidine rings is 2. The van der Waals surface area contributed by atoms with Crippen molar-refractivity contribution in [3.05, 3.63) is 0 Å². The Bertz CT molecular complexity index is 381. The molecule has 3 rings (SSSR count). The number of rotatable bonds is 2. The first-order valence-electron chi connectivity index (χ1n) is 7.02. The molecule has 19 heavy (non-hydrogen) atoms. The van der Waals surface area contributed by atoms with Crippen LogP contribution < -0.4 is 5.32 Å². The van der Waals surface area contributed by atoms with Crippen LogP contribution in [0, 0.1) is 11.3 Å². The van der Waals surface area contributed by atoms with Crippen molar-refractivity contribution in [1.82, 2.24) is 10.2 Å². The number of nitrogens with zero attached hydrogens (tertiary/aromatic N) is 1. The van der Waals surface area contributed by atoms with E-state index in [1.807, 2.05) is 27.7 Å². The standard InChI is InChI=1S/C14H24N2O3/c1-5-15-11(17)14-6-10(7-14)8-16(9-14)12(18)19-13(2,3)4/h10H,5-9H2,1-4H3,(H,15,17). The summed E-state index contributed by atoms with van der Waals surface area (Å²) in [6.45, 7) is 9.33. The van der Waals surface area contributed by atoms with Crippen molar-refractivity contribution in [2.24, 2.45) is 11.3 Å². The first kappa shape index (κ1) is 14.2. The van der Waals surface area contributed by atoms with Gasteiger partial charge in [-0.1, -0.05) is 0 Å². The molecule has 0 aromatic carbocycles. The molecule has 1 aliphatic carbocycles. The summed E-state index contributed by atoms with van der Waals surface area (Å²) in [7, 11) is 0. The zero-order chi connectivity index (χ0) is 14.3. The van der Waals surface area contributed by atoms with Crippen LogP contribution in [0.2, 0.25) is 0 Å². The first-order chi connectivity index (χ1) is 8.76. The van der Waals surface area contributed by atoms with E-state index >= 15 is 0 Å². The van der Waals surface area contributed by atoms with Gasteiger partial charge >= 0.3 is 6.09 Å². The van der Waals surface area contributed by atoms with Crippen LogP contribution in [-0.2, 0) is 9.53 Å². The Morgan fingerprint density at radius 3 is 2.53 bits per heavy atom. The summed E-state index contributed by atoms with van der Waals surface area (Å²) in [6.07, 6.45) is 1.50. The third-order valence-electron chi connectivity index (χ3n) is 3.80. The van der Waals surface area contributed by atoms with E-state index in [0.717, 1.165) is 19.4 Å². The van der Waals surface area contributed by atoms with Crippen molar-refractivity contribution in [2.75, 3.05) is 19.6 Å². The van der Waals surface area contributed by atoms with Crippen molar-refractivity contribution in [2.45, 2.75) is 46.1 Å². The Morgan fingerprint density at radius 2 is 2.00 bits per heavy atom. The van der Waals surface area contributed by atoms with Crippen LogP contribution in [0.15, 0.2) is 0 Å². The normalized spacial score (nSPS) is 29.5. The molecule has 1 saturated carbocycles. The number of hydrogen-bond donors (Lipinski definition) is 1. The van der Waals surface area contributed by atoms with Gasteiger partial charge in [0, 0.05) is 19.6 Å². The number of carbonyl (C=O) groups is 2. The van der Waals surface area contributed by atoms with Crippen LogP contribution in [0.4, 0.5) is 4.79 Å². The van der Waals surface area contributed by atoms with Crippen LogP contribution in [0.5, 0.6) is 0 Å². The van der Waals surface area contributed by atoms with Crippen LogP contribution >= 0.6 is 0 Å². The molecule has 0 atom stereocenters. The highest BCUT2D eigenvalue weighted by molar-refractivity contribution is 5.85. The van der Waals surface area contributed by atoms with E-state index in [4.69, 9.17) is 4.74 Å². The molecule has 2 saturated heterocycles. The van der Waals surface area contributed by atoms with Gasteiger partial charge in [-0.15, -0.1) is 0 Å². The second kappa shape index (κ2) is 4.69. The lowest BCUT2D eigenvalue weighted by molar-refractivity contribution is -0.148. The van der Waals surface area contributed by atoms with Gasteiger partial charge in [-0.25, -0.2) is 4.79 Å².